The van der Waals surface area contributed by atoms with Crippen molar-refractivity contribution >= 4 is 12.4 Å². The van der Waals surface area contributed by atoms with Gasteiger partial charge in [0.15, 0.2) is 0 Å². The first-order valence-electron chi connectivity index (χ1n) is 4.12. The third-order valence-electron chi connectivity index (χ3n) is 2.03. The molecule has 1 atom stereocenters. The molecule has 0 aliphatic carbocycles. The summed E-state index contributed by atoms with van der Waals surface area (Å²) in [5.41, 5.74) is 0. The molecule has 3 heteroatoms. The largest absolute Gasteiger partial charge is 0.380 e. The van der Waals surface area contributed by atoms with Gasteiger partial charge < -0.3 is 10.1 Å². The summed E-state index contributed by atoms with van der Waals surface area (Å²) in [6.07, 6.45) is 1.16. The van der Waals surface area contributed by atoms with E-state index in [2.05, 4.69) is 19.2 Å². The topological polar surface area (TPSA) is 21.3 Å². The molecule has 1 fully saturated rings. The average Bonchev–Trinajstić information content (AvgIpc) is 2.12. The van der Waals surface area contributed by atoms with E-state index in [1.807, 2.05) is 0 Å². The summed E-state index contributed by atoms with van der Waals surface area (Å²) in [4.78, 5) is 0. The second-order valence-corrected chi connectivity index (χ2v) is 3.21. The molecular formula is C8H18ClNO. The van der Waals surface area contributed by atoms with E-state index in [9.17, 15) is 0 Å². The maximum Gasteiger partial charge on any atom is 0.0591 e. The van der Waals surface area contributed by atoms with Gasteiger partial charge in [-0.25, -0.2) is 0 Å². The number of nitrogens with one attached hydrogen (secondary N) is 1. The van der Waals surface area contributed by atoms with E-state index < -0.39 is 0 Å². The first-order chi connectivity index (χ1) is 4.80. The van der Waals surface area contributed by atoms with Crippen LogP contribution in [-0.2, 0) is 4.74 Å². The summed E-state index contributed by atoms with van der Waals surface area (Å²) >= 11 is 0. The summed E-state index contributed by atoms with van der Waals surface area (Å²) in [5.74, 6) is 0.738. The van der Waals surface area contributed by atoms with Crippen LogP contribution in [0.3, 0.4) is 0 Å². The molecule has 1 N–H and O–H groups in total. The zero-order chi connectivity index (χ0) is 7.40. The van der Waals surface area contributed by atoms with Crippen LogP contribution < -0.4 is 5.32 Å². The van der Waals surface area contributed by atoms with Crippen molar-refractivity contribution in [3.05, 3.63) is 0 Å². The van der Waals surface area contributed by atoms with Crippen LogP contribution >= 0.6 is 12.4 Å². The fourth-order valence-corrected chi connectivity index (χ4v) is 1.30. The lowest BCUT2D eigenvalue weighted by Gasteiger charge is -2.18. The molecule has 0 amide bonds. The summed E-state index contributed by atoms with van der Waals surface area (Å²) in [7, 11) is 0. The lowest BCUT2D eigenvalue weighted by molar-refractivity contribution is 0.148. The van der Waals surface area contributed by atoms with E-state index >= 15 is 0 Å². The Morgan fingerprint density at radius 2 is 2.09 bits per heavy atom. The predicted molar refractivity (Wildman–Crippen MR) is 49.3 cm³/mol. The van der Waals surface area contributed by atoms with E-state index in [1.165, 1.54) is 0 Å². The Labute approximate surface area is 75.1 Å². The maximum atomic E-state index is 5.31. The Bertz CT molecular complexity index is 90.1. The first-order valence-corrected chi connectivity index (χ1v) is 4.12. The fourth-order valence-electron chi connectivity index (χ4n) is 1.30. The Morgan fingerprint density at radius 1 is 1.36 bits per heavy atom. The molecule has 2 nitrogen and oxygen atoms in total. The van der Waals surface area contributed by atoms with Crippen molar-refractivity contribution in [2.24, 2.45) is 5.92 Å². The molecule has 0 saturated carbocycles. The second-order valence-electron chi connectivity index (χ2n) is 3.21. The number of rotatable bonds is 1. The molecule has 11 heavy (non-hydrogen) atoms. The minimum Gasteiger partial charge on any atom is -0.380 e. The minimum absolute atomic E-state index is 0. The lowest BCUT2D eigenvalue weighted by atomic mass is 10.0. The Kier molecular flexibility index (Phi) is 5.92. The van der Waals surface area contributed by atoms with Gasteiger partial charge in [0.2, 0.25) is 0 Å². The highest BCUT2D eigenvalue weighted by molar-refractivity contribution is 5.85. The Balaban J connectivity index is 0.000001000. The predicted octanol–water partition coefficient (Wildman–Crippen LogP) is 1.44. The van der Waals surface area contributed by atoms with Gasteiger partial charge in [0.25, 0.3) is 0 Å². The van der Waals surface area contributed by atoms with Gasteiger partial charge >= 0.3 is 0 Å². The average molecular weight is 180 g/mol. The normalized spacial score (nSPS) is 25.9. The highest BCUT2D eigenvalue weighted by atomic mass is 35.5. The van der Waals surface area contributed by atoms with Gasteiger partial charge in [0.1, 0.15) is 0 Å². The molecule has 68 valence electrons. The quantitative estimate of drug-likeness (QED) is 0.658. The number of halogens is 1. The molecule has 0 aromatic carbocycles. The van der Waals surface area contributed by atoms with Crippen molar-refractivity contribution in [2.75, 3.05) is 19.8 Å². The van der Waals surface area contributed by atoms with Crippen molar-refractivity contribution in [2.45, 2.75) is 26.3 Å². The van der Waals surface area contributed by atoms with Gasteiger partial charge in [0.05, 0.1) is 6.61 Å². The van der Waals surface area contributed by atoms with Crippen LogP contribution in [0.1, 0.15) is 20.3 Å². The number of hydrogen-bond donors (Lipinski definition) is 1. The number of ether oxygens (including phenoxy) is 1. The highest BCUT2D eigenvalue weighted by Gasteiger charge is 2.14. The molecule has 0 bridgehead atoms. The molecule has 1 unspecified atom stereocenters. The molecule has 1 saturated heterocycles. The van der Waals surface area contributed by atoms with E-state index in [-0.39, 0.29) is 12.4 Å². The van der Waals surface area contributed by atoms with Gasteiger partial charge in [-0.1, -0.05) is 13.8 Å². The molecule has 1 aliphatic heterocycles. The highest BCUT2D eigenvalue weighted by Crippen LogP contribution is 2.07. The van der Waals surface area contributed by atoms with Crippen LogP contribution in [-0.4, -0.2) is 25.8 Å². The molecule has 1 rings (SSSR count). The van der Waals surface area contributed by atoms with Crippen molar-refractivity contribution in [1.82, 2.24) is 5.32 Å². The van der Waals surface area contributed by atoms with Crippen LogP contribution in [0, 0.1) is 5.92 Å². The molecule has 1 aliphatic rings. The summed E-state index contributed by atoms with van der Waals surface area (Å²) in [5, 5.41) is 3.46. The van der Waals surface area contributed by atoms with Crippen molar-refractivity contribution in [3.8, 4) is 0 Å². The Hall–Kier alpha value is 0.210. The zero-order valence-corrected chi connectivity index (χ0v) is 8.12. The van der Waals surface area contributed by atoms with E-state index in [4.69, 9.17) is 4.74 Å². The van der Waals surface area contributed by atoms with Crippen LogP contribution in [0.15, 0.2) is 0 Å². The van der Waals surface area contributed by atoms with Crippen LogP contribution in [0.25, 0.3) is 0 Å². The monoisotopic (exact) mass is 179 g/mol. The summed E-state index contributed by atoms with van der Waals surface area (Å²) in [6.45, 7) is 7.33. The molecule has 0 aromatic heterocycles. The maximum absolute atomic E-state index is 5.31. The lowest BCUT2D eigenvalue weighted by Crippen LogP contribution is -2.33. The molecule has 0 spiro atoms. The van der Waals surface area contributed by atoms with E-state index in [0.717, 1.165) is 32.1 Å². The van der Waals surface area contributed by atoms with E-state index in [1.54, 1.807) is 0 Å². The van der Waals surface area contributed by atoms with Crippen LogP contribution in [0.2, 0.25) is 0 Å². The molecule has 0 radical (unpaired) electrons. The van der Waals surface area contributed by atoms with Gasteiger partial charge in [-0.2, -0.15) is 0 Å². The van der Waals surface area contributed by atoms with E-state index in [0.29, 0.717) is 6.04 Å². The third-order valence-corrected chi connectivity index (χ3v) is 2.03. The van der Waals surface area contributed by atoms with Gasteiger partial charge in [-0.15, -0.1) is 12.4 Å². The third kappa shape index (κ3) is 3.94. The van der Waals surface area contributed by atoms with Crippen molar-refractivity contribution in [3.63, 3.8) is 0 Å². The smallest absolute Gasteiger partial charge is 0.0591 e. The van der Waals surface area contributed by atoms with Crippen molar-refractivity contribution in [1.29, 1.82) is 0 Å². The van der Waals surface area contributed by atoms with Crippen LogP contribution in [0.4, 0.5) is 0 Å². The van der Waals surface area contributed by atoms with Crippen LogP contribution in [0.5, 0.6) is 0 Å². The zero-order valence-electron chi connectivity index (χ0n) is 7.30. The Morgan fingerprint density at radius 3 is 2.73 bits per heavy atom. The SMILES string of the molecule is CC(C)C1CCOCCN1.Cl. The molecule has 1 heterocycles. The van der Waals surface area contributed by atoms with Gasteiger partial charge in [0, 0.05) is 19.2 Å². The molecule has 0 aromatic rings. The first kappa shape index (κ1) is 11.2. The standard InChI is InChI=1S/C8H17NO.ClH/c1-7(2)8-3-5-10-6-4-9-8;/h7-9H,3-6H2,1-2H3;1H. The number of hydrogen-bond acceptors (Lipinski definition) is 2. The minimum atomic E-state index is 0. The van der Waals surface area contributed by atoms with Gasteiger partial charge in [-0.3, -0.25) is 0 Å². The van der Waals surface area contributed by atoms with Crippen molar-refractivity contribution < 1.29 is 4.74 Å². The summed E-state index contributed by atoms with van der Waals surface area (Å²) < 4.78 is 5.31. The fraction of sp³-hybridized carbons (Fsp3) is 1.00. The molecular weight excluding hydrogens is 162 g/mol. The van der Waals surface area contributed by atoms with Gasteiger partial charge in [-0.05, 0) is 12.3 Å². The summed E-state index contributed by atoms with van der Waals surface area (Å²) in [6, 6.07) is 0.669. The second kappa shape index (κ2) is 5.81.